The van der Waals surface area contributed by atoms with Crippen molar-refractivity contribution in [3.63, 3.8) is 0 Å². The predicted molar refractivity (Wildman–Crippen MR) is 125 cm³/mol. The molecule has 0 spiro atoms. The van der Waals surface area contributed by atoms with Gasteiger partial charge in [-0.05, 0) is 6.42 Å². The third-order valence-electron chi connectivity index (χ3n) is 5.06. The number of nitrogens with zero attached hydrogens (tertiary/aromatic N) is 2. The second-order valence-corrected chi connectivity index (χ2v) is 7.84. The van der Waals surface area contributed by atoms with Crippen molar-refractivity contribution in [2.75, 3.05) is 59.2 Å². The molecular weight excluding hydrogens is 416 g/mol. The Morgan fingerprint density at radius 1 is 0.594 bits per heavy atom. The summed E-state index contributed by atoms with van der Waals surface area (Å²) in [5, 5.41) is 43.1. The molecule has 9 heteroatoms. The molecule has 0 aliphatic rings. The number of aliphatic carboxylic acids is 1. The number of hydrogen-bond donors (Lipinski definition) is 5. The first kappa shape index (κ1) is 32.9. The molecule has 0 bridgehead atoms. The van der Waals surface area contributed by atoms with Gasteiger partial charge >= 0.3 is 5.97 Å². The molecule has 32 heavy (non-hydrogen) atoms. The van der Waals surface area contributed by atoms with Crippen LogP contribution < -0.4 is 0 Å². The maximum absolute atomic E-state index is 12.0. The lowest BCUT2D eigenvalue weighted by Gasteiger charge is -2.20. The molecule has 0 aliphatic carbocycles. The van der Waals surface area contributed by atoms with Crippen LogP contribution >= 0.6 is 0 Å². The molecule has 0 aromatic heterocycles. The van der Waals surface area contributed by atoms with E-state index in [2.05, 4.69) is 6.92 Å². The van der Waals surface area contributed by atoms with E-state index in [9.17, 15) is 9.59 Å². The van der Waals surface area contributed by atoms with Gasteiger partial charge in [0.05, 0.1) is 32.8 Å². The van der Waals surface area contributed by atoms with E-state index in [1.807, 2.05) is 0 Å². The van der Waals surface area contributed by atoms with Gasteiger partial charge in [-0.2, -0.15) is 0 Å². The SMILES string of the molecule is CCCCCCCCCCCC(=O)N(CCO)CCC(=O)O.OCCN(CCO)CCO. The van der Waals surface area contributed by atoms with Crippen LogP contribution in [0.3, 0.4) is 0 Å². The van der Waals surface area contributed by atoms with Crippen LogP contribution in [0.5, 0.6) is 0 Å². The number of rotatable bonds is 21. The van der Waals surface area contributed by atoms with Gasteiger partial charge in [0.2, 0.25) is 5.91 Å². The van der Waals surface area contributed by atoms with Gasteiger partial charge in [0.25, 0.3) is 0 Å². The van der Waals surface area contributed by atoms with E-state index in [0.29, 0.717) is 26.1 Å². The molecule has 0 aliphatic heterocycles. The van der Waals surface area contributed by atoms with Crippen LogP contribution in [0.4, 0.5) is 0 Å². The molecule has 0 atom stereocenters. The van der Waals surface area contributed by atoms with Crippen LogP contribution in [0.1, 0.15) is 77.6 Å². The van der Waals surface area contributed by atoms with Crippen LogP contribution in [0.25, 0.3) is 0 Å². The number of aliphatic hydroxyl groups is 4. The molecule has 0 aromatic rings. The number of amides is 1. The van der Waals surface area contributed by atoms with E-state index in [4.69, 9.17) is 25.5 Å². The second kappa shape index (κ2) is 26.0. The van der Waals surface area contributed by atoms with E-state index in [1.165, 1.54) is 43.4 Å². The fraction of sp³-hybridized carbons (Fsp3) is 0.913. The highest BCUT2D eigenvalue weighted by atomic mass is 16.4. The van der Waals surface area contributed by atoms with Gasteiger partial charge in [-0.1, -0.05) is 58.3 Å². The minimum Gasteiger partial charge on any atom is -0.481 e. The maximum atomic E-state index is 12.0. The van der Waals surface area contributed by atoms with E-state index < -0.39 is 5.97 Å². The lowest BCUT2D eigenvalue weighted by Crippen LogP contribution is -2.35. The molecule has 5 N–H and O–H groups in total. The topological polar surface area (TPSA) is 142 Å². The number of unbranched alkanes of at least 4 members (excludes halogenated alkanes) is 8. The zero-order valence-corrected chi connectivity index (χ0v) is 20.1. The Labute approximate surface area is 194 Å². The summed E-state index contributed by atoms with van der Waals surface area (Å²) in [6.07, 6.45) is 11.2. The summed E-state index contributed by atoms with van der Waals surface area (Å²) in [6, 6.07) is 0. The normalized spacial score (nSPS) is 10.7. The number of hydrogen-bond acceptors (Lipinski definition) is 7. The summed E-state index contributed by atoms with van der Waals surface area (Å²) in [5.74, 6) is -0.961. The fourth-order valence-electron chi connectivity index (χ4n) is 3.22. The molecule has 0 unspecified atom stereocenters. The zero-order valence-electron chi connectivity index (χ0n) is 20.1. The van der Waals surface area contributed by atoms with Crippen molar-refractivity contribution in [1.82, 2.24) is 9.80 Å². The number of aliphatic hydroxyl groups excluding tert-OH is 4. The van der Waals surface area contributed by atoms with Gasteiger partial charge in [0.1, 0.15) is 0 Å². The zero-order chi connectivity index (χ0) is 24.5. The van der Waals surface area contributed by atoms with Crippen molar-refractivity contribution < 1.29 is 35.1 Å². The fourth-order valence-corrected chi connectivity index (χ4v) is 3.22. The van der Waals surface area contributed by atoms with E-state index in [0.717, 1.165) is 19.3 Å². The van der Waals surface area contributed by atoms with Crippen LogP contribution in [-0.4, -0.2) is 106 Å². The minimum absolute atomic E-state index is 0.0433. The lowest BCUT2D eigenvalue weighted by molar-refractivity contribution is -0.138. The van der Waals surface area contributed by atoms with Crippen LogP contribution in [0.15, 0.2) is 0 Å². The number of carbonyl (C=O) groups excluding carboxylic acids is 1. The minimum atomic E-state index is -0.918. The molecule has 0 saturated heterocycles. The highest BCUT2D eigenvalue weighted by molar-refractivity contribution is 5.77. The first-order valence-corrected chi connectivity index (χ1v) is 12.1. The summed E-state index contributed by atoms with van der Waals surface area (Å²) < 4.78 is 0. The predicted octanol–water partition coefficient (Wildman–Crippen LogP) is 1.47. The van der Waals surface area contributed by atoms with Gasteiger partial charge in [0.15, 0.2) is 0 Å². The first-order chi connectivity index (χ1) is 15.5. The molecular formula is C23H48N2O7. The third kappa shape index (κ3) is 23.4. The largest absolute Gasteiger partial charge is 0.481 e. The van der Waals surface area contributed by atoms with Crippen LogP contribution in [0, 0.1) is 0 Å². The first-order valence-electron chi connectivity index (χ1n) is 12.1. The highest BCUT2D eigenvalue weighted by Gasteiger charge is 2.13. The molecule has 0 saturated carbocycles. The Kier molecular flexibility index (Phi) is 26.7. The van der Waals surface area contributed by atoms with Crippen LogP contribution in [0.2, 0.25) is 0 Å². The average molecular weight is 465 g/mol. The average Bonchev–Trinajstić information content (AvgIpc) is 2.76. The Bertz CT molecular complexity index is 411. The number of carbonyl (C=O) groups is 2. The van der Waals surface area contributed by atoms with Crippen molar-refractivity contribution in [2.45, 2.75) is 77.6 Å². The molecule has 1 amide bonds. The smallest absolute Gasteiger partial charge is 0.305 e. The number of carboxylic acids is 1. The van der Waals surface area contributed by atoms with Gasteiger partial charge in [0, 0.05) is 39.1 Å². The van der Waals surface area contributed by atoms with Crippen molar-refractivity contribution >= 4 is 11.9 Å². The summed E-state index contributed by atoms with van der Waals surface area (Å²) in [6.45, 7) is 4.26. The van der Waals surface area contributed by atoms with Crippen molar-refractivity contribution in [3.05, 3.63) is 0 Å². The molecule has 0 heterocycles. The summed E-state index contributed by atoms with van der Waals surface area (Å²) in [5.41, 5.74) is 0. The lowest BCUT2D eigenvalue weighted by atomic mass is 10.1. The molecule has 0 rings (SSSR count). The van der Waals surface area contributed by atoms with Gasteiger partial charge in [-0.25, -0.2) is 0 Å². The van der Waals surface area contributed by atoms with E-state index >= 15 is 0 Å². The summed E-state index contributed by atoms with van der Waals surface area (Å²) >= 11 is 0. The Hall–Kier alpha value is -1.26. The van der Waals surface area contributed by atoms with Crippen molar-refractivity contribution in [1.29, 1.82) is 0 Å². The number of carboxylic acid groups (broad SMARTS) is 1. The molecule has 0 fully saturated rings. The highest BCUT2D eigenvalue weighted by Crippen LogP contribution is 2.11. The molecule has 0 aromatic carbocycles. The Morgan fingerprint density at radius 3 is 1.44 bits per heavy atom. The third-order valence-corrected chi connectivity index (χ3v) is 5.06. The Morgan fingerprint density at radius 2 is 1.03 bits per heavy atom. The molecule has 0 radical (unpaired) electrons. The van der Waals surface area contributed by atoms with Crippen molar-refractivity contribution in [3.8, 4) is 0 Å². The van der Waals surface area contributed by atoms with Crippen LogP contribution in [-0.2, 0) is 9.59 Å². The van der Waals surface area contributed by atoms with E-state index in [1.54, 1.807) is 4.90 Å². The second-order valence-electron chi connectivity index (χ2n) is 7.84. The molecule has 9 nitrogen and oxygen atoms in total. The molecule has 192 valence electrons. The summed E-state index contributed by atoms with van der Waals surface area (Å²) in [7, 11) is 0. The maximum Gasteiger partial charge on any atom is 0.305 e. The Balaban J connectivity index is 0. The summed E-state index contributed by atoms with van der Waals surface area (Å²) in [4.78, 5) is 25.8. The quantitative estimate of drug-likeness (QED) is 0.161. The van der Waals surface area contributed by atoms with E-state index in [-0.39, 0.29) is 51.8 Å². The van der Waals surface area contributed by atoms with Gasteiger partial charge in [-0.3, -0.25) is 14.5 Å². The van der Waals surface area contributed by atoms with Gasteiger partial charge < -0.3 is 30.4 Å². The standard InChI is InChI=1S/C17H33NO4.C6H15NO3/c1-2-3-4-5-6-7-8-9-10-11-16(20)18(14-15-19)13-12-17(21)22;8-4-1-7(2-5-9)3-6-10/h19H,2-15H2,1H3,(H,21,22);8-10H,1-6H2. The van der Waals surface area contributed by atoms with Gasteiger partial charge in [-0.15, -0.1) is 0 Å². The van der Waals surface area contributed by atoms with Crippen molar-refractivity contribution in [2.24, 2.45) is 0 Å². The monoisotopic (exact) mass is 464 g/mol.